The van der Waals surface area contributed by atoms with E-state index in [1.165, 1.54) is 13.8 Å². The maximum Gasteiger partial charge on any atom is 0.508 e. The second kappa shape index (κ2) is 16.1. The van der Waals surface area contributed by atoms with Crippen LogP contribution in [0.15, 0.2) is 4.99 Å². The van der Waals surface area contributed by atoms with Crippen molar-refractivity contribution >= 4 is 24.1 Å². The average Bonchev–Trinajstić information content (AvgIpc) is 2.72. The quantitative estimate of drug-likeness (QED) is 0.0954. The zero-order valence-electron chi connectivity index (χ0n) is 18.5. The van der Waals surface area contributed by atoms with Gasteiger partial charge in [-0.25, -0.2) is 9.59 Å². The smallest absolute Gasteiger partial charge is 0.465 e. The standard InChI is InChI=1S/C19H35N3O9/c1-4-8-27-10-11-29-18(26)31-13-19(3,12-30-15(24)14(2)23)16(25)28-9-6-5-7-22-17(20)21/h14,23H,4-13H2,1-3H3,(H4,20,21,22)/t14-,19?/m0/s1. The van der Waals surface area contributed by atoms with Crippen molar-refractivity contribution in [3.05, 3.63) is 0 Å². The van der Waals surface area contributed by atoms with Gasteiger partial charge in [0.05, 0.1) is 13.2 Å². The first kappa shape index (κ1) is 28.4. The highest BCUT2D eigenvalue weighted by atomic mass is 16.7. The molecule has 0 aliphatic carbocycles. The molecule has 0 heterocycles. The molecule has 0 aliphatic heterocycles. The Morgan fingerprint density at radius 2 is 1.65 bits per heavy atom. The molecule has 0 rings (SSSR count). The molecule has 0 aromatic heterocycles. The van der Waals surface area contributed by atoms with Crippen molar-refractivity contribution in [2.75, 3.05) is 46.2 Å². The first-order valence-electron chi connectivity index (χ1n) is 10.1. The number of ether oxygens (including phenoxy) is 5. The van der Waals surface area contributed by atoms with E-state index >= 15 is 0 Å². The van der Waals surface area contributed by atoms with Gasteiger partial charge in [-0.1, -0.05) is 6.92 Å². The summed E-state index contributed by atoms with van der Waals surface area (Å²) in [6.45, 7) is 4.87. The van der Waals surface area contributed by atoms with E-state index in [2.05, 4.69) is 4.99 Å². The molecule has 0 aromatic rings. The summed E-state index contributed by atoms with van der Waals surface area (Å²) >= 11 is 0. The maximum atomic E-state index is 12.5. The van der Waals surface area contributed by atoms with Crippen LogP contribution in [0.2, 0.25) is 0 Å². The largest absolute Gasteiger partial charge is 0.508 e. The van der Waals surface area contributed by atoms with E-state index in [4.69, 9.17) is 35.2 Å². The van der Waals surface area contributed by atoms with Crippen LogP contribution in [0.5, 0.6) is 0 Å². The summed E-state index contributed by atoms with van der Waals surface area (Å²) in [6.07, 6.45) is -0.457. The minimum Gasteiger partial charge on any atom is -0.465 e. The lowest BCUT2D eigenvalue weighted by Crippen LogP contribution is -2.41. The van der Waals surface area contributed by atoms with E-state index in [1.807, 2.05) is 6.92 Å². The Labute approximate surface area is 182 Å². The number of aliphatic imine (C=N–C) groups is 1. The van der Waals surface area contributed by atoms with Crippen molar-refractivity contribution < 1.29 is 43.2 Å². The molecule has 0 aliphatic rings. The second-order valence-corrected chi connectivity index (χ2v) is 6.99. The van der Waals surface area contributed by atoms with Gasteiger partial charge in [-0.15, -0.1) is 0 Å². The van der Waals surface area contributed by atoms with Gasteiger partial charge in [0, 0.05) is 13.2 Å². The molecule has 0 fully saturated rings. The Morgan fingerprint density at radius 1 is 0.968 bits per heavy atom. The van der Waals surface area contributed by atoms with Crippen LogP contribution in [0.4, 0.5) is 4.79 Å². The monoisotopic (exact) mass is 449 g/mol. The molecular formula is C19H35N3O9. The Kier molecular flexibility index (Phi) is 14.8. The molecule has 180 valence electrons. The van der Waals surface area contributed by atoms with Crippen molar-refractivity contribution in [1.29, 1.82) is 0 Å². The Balaban J connectivity index is 4.66. The van der Waals surface area contributed by atoms with Crippen molar-refractivity contribution in [3.8, 4) is 0 Å². The number of carbonyl (C=O) groups excluding carboxylic acids is 3. The van der Waals surface area contributed by atoms with E-state index in [9.17, 15) is 19.5 Å². The van der Waals surface area contributed by atoms with Gasteiger partial charge >= 0.3 is 18.1 Å². The number of unbranched alkanes of at least 4 members (excludes halogenated alkanes) is 1. The molecule has 5 N–H and O–H groups in total. The third kappa shape index (κ3) is 14.1. The molecule has 12 heteroatoms. The number of aliphatic hydroxyl groups excluding tert-OH is 1. The molecule has 0 bridgehead atoms. The maximum absolute atomic E-state index is 12.5. The van der Waals surface area contributed by atoms with Crippen LogP contribution in [0.3, 0.4) is 0 Å². The highest BCUT2D eigenvalue weighted by molar-refractivity contribution is 5.78. The minimum atomic E-state index is -1.50. The van der Waals surface area contributed by atoms with Crippen LogP contribution in [0.1, 0.15) is 40.0 Å². The van der Waals surface area contributed by atoms with Gasteiger partial charge in [0.15, 0.2) is 5.96 Å². The molecule has 0 amide bonds. The number of rotatable bonds is 16. The summed E-state index contributed by atoms with van der Waals surface area (Å²) in [5.41, 5.74) is 8.95. The predicted molar refractivity (Wildman–Crippen MR) is 110 cm³/mol. The third-order valence-electron chi connectivity index (χ3n) is 3.75. The molecule has 2 atom stereocenters. The SMILES string of the molecule is CCCOCCOC(=O)OCC(C)(COC(=O)[C@H](C)O)C(=O)OCCCCN=C(N)N. The molecule has 12 nitrogen and oxygen atoms in total. The highest BCUT2D eigenvalue weighted by Crippen LogP contribution is 2.21. The summed E-state index contributed by atoms with van der Waals surface area (Å²) < 4.78 is 25.2. The van der Waals surface area contributed by atoms with E-state index < -0.39 is 42.8 Å². The van der Waals surface area contributed by atoms with Gasteiger partial charge in [-0.3, -0.25) is 9.79 Å². The summed E-state index contributed by atoms with van der Waals surface area (Å²) in [5.74, 6) is -1.69. The van der Waals surface area contributed by atoms with Gasteiger partial charge in [-0.2, -0.15) is 0 Å². The summed E-state index contributed by atoms with van der Waals surface area (Å²) in [5, 5.41) is 9.26. The van der Waals surface area contributed by atoms with Crippen molar-refractivity contribution in [2.45, 2.75) is 46.1 Å². The van der Waals surface area contributed by atoms with Crippen LogP contribution in [-0.4, -0.2) is 81.5 Å². The number of aliphatic hydroxyl groups is 1. The zero-order valence-corrected chi connectivity index (χ0v) is 18.5. The summed E-state index contributed by atoms with van der Waals surface area (Å²) in [7, 11) is 0. The van der Waals surface area contributed by atoms with Gasteiger partial charge in [0.2, 0.25) is 0 Å². The van der Waals surface area contributed by atoms with Crippen molar-refractivity contribution in [2.24, 2.45) is 21.9 Å². The number of guanidine groups is 1. The van der Waals surface area contributed by atoms with E-state index in [1.54, 1.807) is 0 Å². The number of esters is 2. The van der Waals surface area contributed by atoms with E-state index in [0.717, 1.165) is 6.42 Å². The van der Waals surface area contributed by atoms with Crippen LogP contribution < -0.4 is 11.5 Å². The lowest BCUT2D eigenvalue weighted by Gasteiger charge is -2.26. The minimum absolute atomic E-state index is 0.00714. The fourth-order valence-electron chi connectivity index (χ4n) is 1.96. The van der Waals surface area contributed by atoms with Crippen molar-refractivity contribution in [1.82, 2.24) is 0 Å². The van der Waals surface area contributed by atoms with Crippen LogP contribution in [-0.2, 0) is 33.3 Å². The molecule has 0 saturated carbocycles. The molecule has 1 unspecified atom stereocenters. The average molecular weight is 450 g/mol. The lowest BCUT2D eigenvalue weighted by atomic mass is 9.93. The summed E-state index contributed by atoms with van der Waals surface area (Å²) in [4.78, 5) is 39.7. The molecule has 0 aromatic carbocycles. The number of hydrogen-bond donors (Lipinski definition) is 3. The molecule has 0 radical (unpaired) electrons. The van der Waals surface area contributed by atoms with Gasteiger partial charge in [0.1, 0.15) is 31.3 Å². The number of carbonyl (C=O) groups is 3. The number of nitrogens with zero attached hydrogens (tertiary/aromatic N) is 1. The van der Waals surface area contributed by atoms with Gasteiger partial charge in [-0.05, 0) is 33.1 Å². The predicted octanol–water partition coefficient (Wildman–Crippen LogP) is 0.0933. The Hall–Kier alpha value is -2.60. The van der Waals surface area contributed by atoms with Gasteiger partial charge in [0.25, 0.3) is 0 Å². The molecular weight excluding hydrogens is 414 g/mol. The van der Waals surface area contributed by atoms with E-state index in [0.29, 0.717) is 26.0 Å². The first-order valence-corrected chi connectivity index (χ1v) is 10.1. The molecule has 31 heavy (non-hydrogen) atoms. The number of hydrogen-bond acceptors (Lipinski definition) is 10. The molecule has 0 spiro atoms. The van der Waals surface area contributed by atoms with Crippen LogP contribution in [0, 0.1) is 5.41 Å². The van der Waals surface area contributed by atoms with E-state index in [-0.39, 0.29) is 25.8 Å². The second-order valence-electron chi connectivity index (χ2n) is 6.99. The van der Waals surface area contributed by atoms with Crippen molar-refractivity contribution in [3.63, 3.8) is 0 Å². The topological polar surface area (TPSA) is 182 Å². The lowest BCUT2D eigenvalue weighted by molar-refractivity contribution is -0.169. The fourth-order valence-corrected chi connectivity index (χ4v) is 1.96. The van der Waals surface area contributed by atoms with Crippen LogP contribution in [0.25, 0.3) is 0 Å². The first-order chi connectivity index (χ1) is 14.6. The molecule has 0 saturated heterocycles. The van der Waals surface area contributed by atoms with Crippen LogP contribution >= 0.6 is 0 Å². The highest BCUT2D eigenvalue weighted by Gasteiger charge is 2.39. The zero-order chi connectivity index (χ0) is 23.7. The third-order valence-corrected chi connectivity index (χ3v) is 3.75. The fraction of sp³-hybridized carbons (Fsp3) is 0.789. The number of nitrogens with two attached hydrogens (primary N) is 2. The summed E-state index contributed by atoms with van der Waals surface area (Å²) in [6, 6.07) is 0. The Morgan fingerprint density at radius 3 is 2.26 bits per heavy atom. The normalized spacial score (nSPS) is 13.4. The van der Waals surface area contributed by atoms with Gasteiger partial charge < -0.3 is 40.3 Å². The Bertz CT molecular complexity index is 580.